The molecule has 2 N–H and O–H groups in total. The molecule has 0 heterocycles. The van der Waals surface area contributed by atoms with Gasteiger partial charge in [0.2, 0.25) is 0 Å². The van der Waals surface area contributed by atoms with E-state index in [2.05, 4.69) is 11.4 Å². The molecular weight excluding hydrogens is 222 g/mol. The number of hydrogen-bond donors (Lipinski definition) is 2. The number of aromatic hydroxyl groups is 1. The lowest BCUT2D eigenvalue weighted by Gasteiger charge is -2.23. The Hall–Kier alpha value is -1.02. The van der Waals surface area contributed by atoms with Gasteiger partial charge in [0.25, 0.3) is 0 Å². The van der Waals surface area contributed by atoms with Crippen LogP contribution in [0.4, 0.5) is 0 Å². The lowest BCUT2D eigenvalue weighted by atomic mass is 10.0. The summed E-state index contributed by atoms with van der Waals surface area (Å²) in [7, 11) is 0. The lowest BCUT2D eigenvalue weighted by Crippen LogP contribution is -2.35. The molecule has 1 unspecified atom stereocenters. The van der Waals surface area contributed by atoms with E-state index in [0.717, 1.165) is 24.3 Å². The highest BCUT2D eigenvalue weighted by molar-refractivity contribution is 5.40. The standard InChI is InChI=1S/C16H21NO/c18-13-6-7-14-12(9-13)5-8-15(14)17-16(10-1-2-10)11-3-4-11/h6-7,9-11,15-18H,1-5,8H2. The van der Waals surface area contributed by atoms with Crippen LogP contribution in [0.15, 0.2) is 18.2 Å². The van der Waals surface area contributed by atoms with Crippen LogP contribution in [0.3, 0.4) is 0 Å². The van der Waals surface area contributed by atoms with Gasteiger partial charge in [0, 0.05) is 12.1 Å². The molecule has 0 bridgehead atoms. The first-order valence-electron chi connectivity index (χ1n) is 7.39. The van der Waals surface area contributed by atoms with Crippen LogP contribution in [0.2, 0.25) is 0 Å². The molecule has 1 atom stereocenters. The maximum Gasteiger partial charge on any atom is 0.115 e. The highest BCUT2D eigenvalue weighted by atomic mass is 16.3. The smallest absolute Gasteiger partial charge is 0.115 e. The van der Waals surface area contributed by atoms with Gasteiger partial charge in [-0.3, -0.25) is 0 Å². The Balaban J connectivity index is 1.53. The van der Waals surface area contributed by atoms with Gasteiger partial charge >= 0.3 is 0 Å². The van der Waals surface area contributed by atoms with E-state index in [1.165, 1.54) is 43.2 Å². The van der Waals surface area contributed by atoms with Gasteiger partial charge in [-0.25, -0.2) is 0 Å². The van der Waals surface area contributed by atoms with Gasteiger partial charge in [-0.05, 0) is 73.6 Å². The van der Waals surface area contributed by atoms with Crippen molar-refractivity contribution in [2.45, 2.75) is 50.6 Å². The Morgan fingerprint density at radius 1 is 1.06 bits per heavy atom. The molecule has 2 saturated carbocycles. The number of hydrogen-bond acceptors (Lipinski definition) is 2. The average Bonchev–Trinajstić information content (AvgIpc) is 3.24. The molecule has 1 aromatic carbocycles. The number of rotatable bonds is 4. The van der Waals surface area contributed by atoms with Gasteiger partial charge in [-0.1, -0.05) is 6.07 Å². The second-order valence-corrected chi connectivity index (χ2v) is 6.34. The van der Waals surface area contributed by atoms with E-state index in [1.54, 1.807) is 0 Å². The molecule has 2 heteroatoms. The SMILES string of the molecule is Oc1ccc2c(c1)CCC2NC(C1CC1)C1CC1. The van der Waals surface area contributed by atoms with Gasteiger partial charge in [0.1, 0.15) is 5.75 Å². The summed E-state index contributed by atoms with van der Waals surface area (Å²) in [5.74, 6) is 2.33. The van der Waals surface area contributed by atoms with E-state index in [4.69, 9.17) is 0 Å². The van der Waals surface area contributed by atoms with Crippen LogP contribution in [0.5, 0.6) is 5.75 Å². The van der Waals surface area contributed by atoms with Crippen LogP contribution in [0.25, 0.3) is 0 Å². The third kappa shape index (κ3) is 1.93. The zero-order valence-electron chi connectivity index (χ0n) is 10.7. The van der Waals surface area contributed by atoms with E-state index in [1.807, 2.05) is 12.1 Å². The maximum absolute atomic E-state index is 9.54. The zero-order valence-corrected chi connectivity index (χ0v) is 10.7. The lowest BCUT2D eigenvalue weighted by molar-refractivity contribution is 0.364. The molecule has 0 aliphatic heterocycles. The van der Waals surface area contributed by atoms with E-state index < -0.39 is 0 Å². The summed E-state index contributed by atoms with van der Waals surface area (Å²) in [6, 6.07) is 7.20. The molecule has 4 rings (SSSR count). The molecule has 3 aliphatic rings. The number of phenols is 1. The van der Waals surface area contributed by atoms with Crippen molar-refractivity contribution in [3.63, 3.8) is 0 Å². The molecule has 2 nitrogen and oxygen atoms in total. The van der Waals surface area contributed by atoms with Gasteiger partial charge in [-0.15, -0.1) is 0 Å². The molecule has 1 aromatic rings. The van der Waals surface area contributed by atoms with Crippen molar-refractivity contribution in [2.75, 3.05) is 0 Å². The van der Waals surface area contributed by atoms with Gasteiger partial charge in [0.15, 0.2) is 0 Å². The summed E-state index contributed by atoms with van der Waals surface area (Å²) in [5, 5.41) is 13.5. The highest BCUT2D eigenvalue weighted by Crippen LogP contribution is 2.46. The van der Waals surface area contributed by atoms with Crippen LogP contribution in [-0.2, 0) is 6.42 Å². The third-order valence-electron chi connectivity index (χ3n) is 4.86. The normalized spacial score (nSPS) is 26.6. The Kier molecular flexibility index (Phi) is 2.41. The maximum atomic E-state index is 9.54. The molecule has 0 aromatic heterocycles. The minimum Gasteiger partial charge on any atom is -0.508 e. The Morgan fingerprint density at radius 2 is 1.78 bits per heavy atom. The summed E-state index contributed by atoms with van der Waals surface area (Å²) >= 11 is 0. The largest absolute Gasteiger partial charge is 0.508 e. The van der Waals surface area contributed by atoms with Crippen LogP contribution in [0, 0.1) is 11.8 Å². The minimum absolute atomic E-state index is 0.412. The summed E-state index contributed by atoms with van der Waals surface area (Å²) in [4.78, 5) is 0. The average molecular weight is 243 g/mol. The molecule has 96 valence electrons. The second-order valence-electron chi connectivity index (χ2n) is 6.34. The molecule has 0 spiro atoms. The van der Waals surface area contributed by atoms with E-state index in [0.29, 0.717) is 11.8 Å². The van der Waals surface area contributed by atoms with E-state index in [9.17, 15) is 5.11 Å². The number of benzene rings is 1. The number of nitrogens with one attached hydrogen (secondary N) is 1. The third-order valence-corrected chi connectivity index (χ3v) is 4.86. The Morgan fingerprint density at radius 3 is 2.44 bits per heavy atom. The predicted octanol–water partition coefficient (Wildman–Crippen LogP) is 3.16. The van der Waals surface area contributed by atoms with Crippen molar-refractivity contribution in [2.24, 2.45) is 11.8 Å². The van der Waals surface area contributed by atoms with Gasteiger partial charge in [-0.2, -0.15) is 0 Å². The topological polar surface area (TPSA) is 32.3 Å². The summed E-state index contributed by atoms with van der Waals surface area (Å²) in [6.07, 6.45) is 8.05. The van der Waals surface area contributed by atoms with Crippen LogP contribution >= 0.6 is 0 Å². The first-order valence-corrected chi connectivity index (χ1v) is 7.39. The van der Waals surface area contributed by atoms with Gasteiger partial charge < -0.3 is 10.4 Å². The predicted molar refractivity (Wildman–Crippen MR) is 71.5 cm³/mol. The van der Waals surface area contributed by atoms with Crippen molar-refractivity contribution in [3.05, 3.63) is 29.3 Å². The number of phenolic OH excluding ortho intramolecular Hbond substituents is 1. The Labute approximate surface area is 108 Å². The first kappa shape index (κ1) is 10.9. The highest BCUT2D eigenvalue weighted by Gasteiger charge is 2.42. The molecule has 3 aliphatic carbocycles. The fourth-order valence-corrected chi connectivity index (χ4v) is 3.58. The zero-order chi connectivity index (χ0) is 12.1. The fourth-order valence-electron chi connectivity index (χ4n) is 3.58. The molecule has 0 radical (unpaired) electrons. The quantitative estimate of drug-likeness (QED) is 0.851. The summed E-state index contributed by atoms with van der Waals surface area (Å²) in [5.41, 5.74) is 2.77. The minimum atomic E-state index is 0.412. The monoisotopic (exact) mass is 243 g/mol. The molecule has 0 amide bonds. The van der Waals surface area contributed by atoms with Crippen LogP contribution in [-0.4, -0.2) is 11.1 Å². The van der Waals surface area contributed by atoms with Crippen molar-refractivity contribution < 1.29 is 5.11 Å². The molecule has 2 fully saturated rings. The van der Waals surface area contributed by atoms with Crippen molar-refractivity contribution >= 4 is 0 Å². The summed E-state index contributed by atoms with van der Waals surface area (Å²) in [6.45, 7) is 0. The van der Waals surface area contributed by atoms with Crippen molar-refractivity contribution in [1.82, 2.24) is 5.32 Å². The molecular formula is C16H21NO. The van der Waals surface area contributed by atoms with E-state index in [-0.39, 0.29) is 0 Å². The van der Waals surface area contributed by atoms with Crippen LogP contribution < -0.4 is 5.32 Å². The van der Waals surface area contributed by atoms with E-state index >= 15 is 0 Å². The fraction of sp³-hybridized carbons (Fsp3) is 0.625. The van der Waals surface area contributed by atoms with Crippen molar-refractivity contribution in [1.29, 1.82) is 0 Å². The number of aryl methyl sites for hydroxylation is 1. The Bertz CT molecular complexity index is 450. The second kappa shape index (κ2) is 3.99. The molecule has 18 heavy (non-hydrogen) atoms. The molecule has 0 saturated heterocycles. The summed E-state index contributed by atoms with van der Waals surface area (Å²) < 4.78 is 0. The number of fused-ring (bicyclic) bond motifs is 1. The van der Waals surface area contributed by atoms with Crippen LogP contribution in [0.1, 0.15) is 49.3 Å². The van der Waals surface area contributed by atoms with Crippen molar-refractivity contribution in [3.8, 4) is 5.75 Å². The first-order chi connectivity index (χ1) is 8.81. The van der Waals surface area contributed by atoms with Gasteiger partial charge in [0.05, 0.1) is 0 Å².